The fourth-order valence-corrected chi connectivity index (χ4v) is 4.33. The molecule has 1 unspecified atom stereocenters. The van der Waals surface area contributed by atoms with Crippen molar-refractivity contribution in [2.24, 2.45) is 0 Å². The highest BCUT2D eigenvalue weighted by molar-refractivity contribution is 7.90. The summed E-state index contributed by atoms with van der Waals surface area (Å²) >= 11 is 0. The monoisotopic (exact) mass is 309 g/mol. The Morgan fingerprint density at radius 3 is 2.57 bits per heavy atom. The molecule has 21 heavy (non-hydrogen) atoms. The fraction of sp³-hybridized carbons (Fsp3) is 0.600. The zero-order valence-electron chi connectivity index (χ0n) is 12.5. The second-order valence-electron chi connectivity index (χ2n) is 6.09. The van der Waals surface area contributed by atoms with Gasteiger partial charge in [-0.15, -0.1) is 0 Å². The summed E-state index contributed by atoms with van der Waals surface area (Å²) in [6, 6.07) is 5.87. The predicted octanol–water partition coefficient (Wildman–Crippen LogP) is 1.35. The Balaban J connectivity index is 1.82. The Kier molecular flexibility index (Phi) is 3.84. The lowest BCUT2D eigenvalue weighted by Crippen LogP contribution is -2.35. The van der Waals surface area contributed by atoms with Gasteiger partial charge in [0, 0.05) is 25.4 Å². The van der Waals surface area contributed by atoms with E-state index in [1.54, 1.807) is 12.1 Å². The van der Waals surface area contributed by atoms with Crippen LogP contribution in [0.5, 0.6) is 0 Å². The lowest BCUT2D eigenvalue weighted by molar-refractivity contribution is 0.260. The molecule has 0 aromatic heterocycles. The van der Waals surface area contributed by atoms with Gasteiger partial charge in [0.15, 0.2) is 9.84 Å². The van der Waals surface area contributed by atoms with Gasteiger partial charge in [0.2, 0.25) is 0 Å². The van der Waals surface area contributed by atoms with Crippen LogP contribution in [0.15, 0.2) is 23.1 Å². The van der Waals surface area contributed by atoms with Gasteiger partial charge in [-0.1, -0.05) is 6.07 Å². The molecule has 2 fully saturated rings. The molecule has 1 aromatic carbocycles. The molecule has 0 spiro atoms. The molecule has 2 heterocycles. The molecule has 5 nitrogen and oxygen atoms in total. The molecule has 1 atom stereocenters. The average Bonchev–Trinajstić information content (AvgIpc) is 3.08. The Bertz CT molecular complexity index is 624. The summed E-state index contributed by atoms with van der Waals surface area (Å²) in [5, 5.41) is 0. The number of nitrogens with zero attached hydrogens (tertiary/aromatic N) is 2. The number of nitrogens with two attached hydrogens (primary N) is 1. The first-order chi connectivity index (χ1) is 9.97. The standard InChI is InChI=1S/C15H23N3O2S/c1-21(19,20)14-6-4-5-13(15(14)16)18-10-7-12(11-18)17-8-2-3-9-17/h4-6,12H,2-3,7-11,16H2,1H3. The summed E-state index contributed by atoms with van der Waals surface area (Å²) in [6.07, 6.45) is 4.92. The van der Waals surface area contributed by atoms with Crippen LogP contribution < -0.4 is 10.6 Å². The van der Waals surface area contributed by atoms with Crippen molar-refractivity contribution in [2.45, 2.75) is 30.2 Å². The lowest BCUT2D eigenvalue weighted by Gasteiger charge is -2.25. The number of hydrogen-bond acceptors (Lipinski definition) is 5. The number of hydrogen-bond donors (Lipinski definition) is 1. The first-order valence-electron chi connectivity index (χ1n) is 7.54. The van der Waals surface area contributed by atoms with Crippen molar-refractivity contribution in [3.8, 4) is 0 Å². The van der Waals surface area contributed by atoms with E-state index in [1.165, 1.54) is 32.2 Å². The Morgan fingerprint density at radius 2 is 1.90 bits per heavy atom. The number of rotatable bonds is 3. The first kappa shape index (κ1) is 14.7. The van der Waals surface area contributed by atoms with Gasteiger partial charge in [-0.25, -0.2) is 8.42 Å². The summed E-state index contributed by atoms with van der Waals surface area (Å²) in [5.74, 6) is 0. The van der Waals surface area contributed by atoms with Crippen LogP contribution in [0.4, 0.5) is 11.4 Å². The smallest absolute Gasteiger partial charge is 0.177 e. The molecular formula is C15H23N3O2S. The van der Waals surface area contributed by atoms with Crippen molar-refractivity contribution in [2.75, 3.05) is 43.1 Å². The summed E-state index contributed by atoms with van der Waals surface area (Å²) in [4.78, 5) is 5.02. The minimum atomic E-state index is -3.28. The van der Waals surface area contributed by atoms with Gasteiger partial charge in [-0.05, 0) is 44.5 Å². The van der Waals surface area contributed by atoms with E-state index in [1.807, 2.05) is 6.07 Å². The molecular weight excluding hydrogens is 286 g/mol. The van der Waals surface area contributed by atoms with Gasteiger partial charge in [-0.3, -0.25) is 4.90 Å². The summed E-state index contributed by atoms with van der Waals surface area (Å²) in [7, 11) is -3.28. The van der Waals surface area contributed by atoms with Crippen LogP contribution in [0.2, 0.25) is 0 Å². The number of nitrogen functional groups attached to an aromatic ring is 1. The quantitative estimate of drug-likeness (QED) is 0.854. The molecule has 2 N–H and O–H groups in total. The van der Waals surface area contributed by atoms with Crippen LogP contribution >= 0.6 is 0 Å². The van der Waals surface area contributed by atoms with E-state index in [4.69, 9.17) is 5.73 Å². The molecule has 0 saturated carbocycles. The molecule has 0 amide bonds. The van der Waals surface area contributed by atoms with Crippen molar-refractivity contribution in [3.05, 3.63) is 18.2 Å². The van der Waals surface area contributed by atoms with Gasteiger partial charge in [0.1, 0.15) is 0 Å². The zero-order chi connectivity index (χ0) is 15.0. The first-order valence-corrected chi connectivity index (χ1v) is 9.43. The van der Waals surface area contributed by atoms with E-state index < -0.39 is 9.84 Å². The molecule has 3 rings (SSSR count). The summed E-state index contributed by atoms with van der Waals surface area (Å²) in [5.41, 5.74) is 7.37. The van der Waals surface area contributed by atoms with Gasteiger partial charge in [-0.2, -0.15) is 0 Å². The average molecular weight is 309 g/mol. The van der Waals surface area contributed by atoms with Crippen molar-refractivity contribution in [1.29, 1.82) is 0 Å². The molecule has 0 aliphatic carbocycles. The highest BCUT2D eigenvalue weighted by Crippen LogP contribution is 2.33. The molecule has 0 radical (unpaired) electrons. The lowest BCUT2D eigenvalue weighted by atomic mass is 10.2. The van der Waals surface area contributed by atoms with Crippen molar-refractivity contribution >= 4 is 21.2 Å². The van der Waals surface area contributed by atoms with E-state index in [9.17, 15) is 8.42 Å². The molecule has 2 aliphatic rings. The third kappa shape index (κ3) is 2.87. The van der Waals surface area contributed by atoms with Crippen LogP contribution in [0.25, 0.3) is 0 Å². The van der Waals surface area contributed by atoms with Gasteiger partial charge in [0.05, 0.1) is 16.3 Å². The van der Waals surface area contributed by atoms with E-state index in [2.05, 4.69) is 9.80 Å². The highest BCUT2D eigenvalue weighted by atomic mass is 32.2. The van der Waals surface area contributed by atoms with Crippen LogP contribution in [-0.4, -0.2) is 51.8 Å². The number of benzene rings is 1. The second kappa shape index (κ2) is 5.50. The molecule has 0 bridgehead atoms. The number of sulfone groups is 1. The summed E-state index contributed by atoms with van der Waals surface area (Å²) in [6.45, 7) is 4.27. The number of anilines is 2. The predicted molar refractivity (Wildman–Crippen MR) is 85.4 cm³/mol. The molecule has 116 valence electrons. The van der Waals surface area contributed by atoms with E-state index in [0.29, 0.717) is 11.7 Å². The normalized spacial score (nSPS) is 23.9. The Morgan fingerprint density at radius 1 is 1.19 bits per heavy atom. The largest absolute Gasteiger partial charge is 0.396 e. The molecule has 1 aromatic rings. The maximum atomic E-state index is 11.8. The van der Waals surface area contributed by atoms with E-state index >= 15 is 0 Å². The van der Waals surface area contributed by atoms with Crippen LogP contribution in [0.3, 0.4) is 0 Å². The van der Waals surface area contributed by atoms with Crippen molar-refractivity contribution in [1.82, 2.24) is 4.90 Å². The fourth-order valence-electron chi connectivity index (χ4n) is 3.50. The van der Waals surface area contributed by atoms with Crippen molar-refractivity contribution in [3.63, 3.8) is 0 Å². The molecule has 2 aliphatic heterocycles. The van der Waals surface area contributed by atoms with Crippen LogP contribution in [0.1, 0.15) is 19.3 Å². The van der Waals surface area contributed by atoms with Crippen LogP contribution in [0, 0.1) is 0 Å². The minimum Gasteiger partial charge on any atom is -0.396 e. The third-order valence-corrected chi connectivity index (χ3v) is 5.76. The second-order valence-corrected chi connectivity index (χ2v) is 8.08. The Labute approximate surface area is 126 Å². The van der Waals surface area contributed by atoms with E-state index in [0.717, 1.165) is 25.2 Å². The number of para-hydroxylation sites is 1. The van der Waals surface area contributed by atoms with Gasteiger partial charge in [0.25, 0.3) is 0 Å². The maximum Gasteiger partial charge on any atom is 0.177 e. The highest BCUT2D eigenvalue weighted by Gasteiger charge is 2.30. The van der Waals surface area contributed by atoms with Crippen molar-refractivity contribution < 1.29 is 8.42 Å². The summed E-state index contributed by atoms with van der Waals surface area (Å²) < 4.78 is 23.6. The minimum absolute atomic E-state index is 0.240. The molecule has 6 heteroatoms. The van der Waals surface area contributed by atoms with Gasteiger partial charge < -0.3 is 10.6 Å². The van der Waals surface area contributed by atoms with Crippen LogP contribution in [-0.2, 0) is 9.84 Å². The van der Waals surface area contributed by atoms with Gasteiger partial charge >= 0.3 is 0 Å². The topological polar surface area (TPSA) is 66.6 Å². The SMILES string of the molecule is CS(=O)(=O)c1cccc(N2CCC(N3CCCC3)C2)c1N. The third-order valence-electron chi connectivity index (χ3n) is 4.60. The Hall–Kier alpha value is -1.27. The maximum absolute atomic E-state index is 11.8. The molecule has 2 saturated heterocycles. The van der Waals surface area contributed by atoms with E-state index in [-0.39, 0.29) is 4.90 Å². The zero-order valence-corrected chi connectivity index (χ0v) is 13.3. The number of likely N-dealkylation sites (tertiary alicyclic amines) is 1.